The number of aliphatic imine (C=N–C) groups is 3. The number of ether oxygens (including phenoxy) is 2. The molecule has 0 saturated carbocycles. The molecule has 10 nitrogen and oxygen atoms in total. The molecule has 2 aliphatic rings. The molecular formula is C24H23ClN8O2. The lowest BCUT2D eigenvalue weighted by atomic mass is 10.2. The number of hydrogen-bond donors (Lipinski definition) is 1. The van der Waals surface area contributed by atoms with E-state index in [1.54, 1.807) is 35.0 Å². The Bertz CT molecular complexity index is 1390. The number of amidine groups is 1. The van der Waals surface area contributed by atoms with Crippen molar-refractivity contribution in [1.82, 2.24) is 19.5 Å². The Labute approximate surface area is 207 Å². The first kappa shape index (κ1) is 22.8. The normalized spacial score (nSPS) is 18.2. The van der Waals surface area contributed by atoms with Crippen LogP contribution < -0.4 is 10.1 Å². The van der Waals surface area contributed by atoms with Gasteiger partial charge in [-0.1, -0.05) is 24.3 Å². The van der Waals surface area contributed by atoms with Gasteiger partial charge in [0.15, 0.2) is 11.5 Å². The van der Waals surface area contributed by atoms with Gasteiger partial charge in [0, 0.05) is 31.0 Å². The molecule has 11 heteroatoms. The van der Waals surface area contributed by atoms with Crippen LogP contribution >= 0.6 is 11.6 Å². The van der Waals surface area contributed by atoms with Gasteiger partial charge in [-0.05, 0) is 31.2 Å². The number of fused-ring (bicyclic) bond motifs is 1. The first-order valence-electron chi connectivity index (χ1n) is 11.0. The van der Waals surface area contributed by atoms with Gasteiger partial charge >= 0.3 is 0 Å². The highest BCUT2D eigenvalue weighted by molar-refractivity contribution is 6.53. The van der Waals surface area contributed by atoms with E-state index in [4.69, 9.17) is 26.1 Å². The summed E-state index contributed by atoms with van der Waals surface area (Å²) >= 11 is 6.53. The summed E-state index contributed by atoms with van der Waals surface area (Å²) < 4.78 is 13.0. The summed E-state index contributed by atoms with van der Waals surface area (Å²) in [6.45, 7) is 8.83. The molecule has 0 amide bonds. The molecule has 0 bridgehead atoms. The zero-order chi connectivity index (χ0) is 24.2. The number of allylic oxidation sites excluding steroid dienone is 1. The van der Waals surface area contributed by atoms with Crippen LogP contribution in [0.4, 0.5) is 5.69 Å². The van der Waals surface area contributed by atoms with Crippen molar-refractivity contribution in [3.63, 3.8) is 0 Å². The third-order valence-electron chi connectivity index (χ3n) is 5.42. The largest absolute Gasteiger partial charge is 0.456 e. The summed E-state index contributed by atoms with van der Waals surface area (Å²) in [7, 11) is 0. The maximum atomic E-state index is 6.53. The molecule has 2 aliphatic heterocycles. The van der Waals surface area contributed by atoms with Gasteiger partial charge in [0.25, 0.3) is 0 Å². The minimum absolute atomic E-state index is 0.434. The Morgan fingerprint density at radius 2 is 2.11 bits per heavy atom. The highest BCUT2D eigenvalue weighted by Crippen LogP contribution is 2.32. The fourth-order valence-corrected chi connectivity index (χ4v) is 3.83. The second kappa shape index (κ2) is 10.1. The summed E-state index contributed by atoms with van der Waals surface area (Å²) in [5.74, 6) is 2.30. The molecule has 1 N–H and O–H groups in total. The number of halogens is 1. The standard InChI is InChI=1S/C24H23ClN8O2/c1-3-20-23(30-16(2)32-8-10-34-11-9-32)24(28-14-26-20)31-17-4-5-21(19(25)12-17)35-18-6-7-33-22(13-18)27-15-29-33/h3-7,12-15H,2,8-11H2,1H3,(H,26,28,31)/b20-3+,30-23+. The second-order valence-corrected chi connectivity index (χ2v) is 8.08. The van der Waals surface area contributed by atoms with E-state index in [1.807, 2.05) is 19.1 Å². The SMILES string of the molecule is C=C(/N=C1/C(Nc2ccc(Oc3ccn4ncnc4c3)c(Cl)c2)=NC=N/C1=C/C)N1CCOCC1. The zero-order valence-corrected chi connectivity index (χ0v) is 19.8. The number of anilines is 1. The molecule has 35 heavy (non-hydrogen) atoms. The number of morpholine rings is 1. The van der Waals surface area contributed by atoms with Gasteiger partial charge in [0.2, 0.25) is 0 Å². The number of pyridine rings is 1. The highest BCUT2D eigenvalue weighted by atomic mass is 35.5. The van der Waals surface area contributed by atoms with Gasteiger partial charge < -0.3 is 19.7 Å². The maximum absolute atomic E-state index is 6.53. The molecule has 0 atom stereocenters. The summed E-state index contributed by atoms with van der Waals surface area (Å²) in [5, 5.41) is 7.81. The van der Waals surface area contributed by atoms with Gasteiger partial charge in [0.05, 0.1) is 23.9 Å². The van der Waals surface area contributed by atoms with Gasteiger partial charge in [-0.25, -0.2) is 24.5 Å². The van der Waals surface area contributed by atoms with Crippen LogP contribution in [0.2, 0.25) is 5.02 Å². The van der Waals surface area contributed by atoms with Gasteiger partial charge in [-0.2, -0.15) is 5.10 Å². The maximum Gasteiger partial charge on any atom is 0.160 e. The Kier molecular flexibility index (Phi) is 6.55. The molecule has 2 aromatic heterocycles. The van der Waals surface area contributed by atoms with Crippen LogP contribution in [-0.2, 0) is 4.74 Å². The average molecular weight is 491 g/mol. The monoisotopic (exact) mass is 490 g/mol. The molecule has 1 aromatic carbocycles. The van der Waals surface area contributed by atoms with Crippen LogP contribution in [0.1, 0.15) is 6.92 Å². The highest BCUT2D eigenvalue weighted by Gasteiger charge is 2.20. The molecule has 178 valence electrons. The predicted molar refractivity (Wildman–Crippen MR) is 137 cm³/mol. The van der Waals surface area contributed by atoms with Crippen LogP contribution in [0.3, 0.4) is 0 Å². The summed E-state index contributed by atoms with van der Waals surface area (Å²) in [6.07, 6.45) is 6.63. The van der Waals surface area contributed by atoms with E-state index >= 15 is 0 Å². The van der Waals surface area contributed by atoms with Crippen molar-refractivity contribution in [2.75, 3.05) is 31.6 Å². The molecular weight excluding hydrogens is 468 g/mol. The number of nitrogens with one attached hydrogen (secondary N) is 1. The summed E-state index contributed by atoms with van der Waals surface area (Å²) in [5.41, 5.74) is 2.71. The van der Waals surface area contributed by atoms with Crippen molar-refractivity contribution in [2.45, 2.75) is 6.92 Å². The van der Waals surface area contributed by atoms with Crippen molar-refractivity contribution in [3.05, 3.63) is 72.1 Å². The first-order chi connectivity index (χ1) is 17.1. The Balaban J connectivity index is 1.35. The van der Waals surface area contributed by atoms with Crippen molar-refractivity contribution >= 4 is 40.8 Å². The molecule has 0 aliphatic carbocycles. The van der Waals surface area contributed by atoms with Crippen molar-refractivity contribution in [2.24, 2.45) is 15.0 Å². The Morgan fingerprint density at radius 1 is 1.26 bits per heavy atom. The number of nitrogens with zero attached hydrogens (tertiary/aromatic N) is 7. The van der Waals surface area contributed by atoms with E-state index in [9.17, 15) is 0 Å². The number of benzene rings is 1. The molecule has 3 aromatic rings. The lowest BCUT2D eigenvalue weighted by Gasteiger charge is -2.28. The smallest absolute Gasteiger partial charge is 0.160 e. The fourth-order valence-electron chi connectivity index (χ4n) is 3.61. The van der Waals surface area contributed by atoms with Crippen LogP contribution in [0.15, 0.2) is 82.0 Å². The molecule has 0 radical (unpaired) electrons. The third-order valence-corrected chi connectivity index (χ3v) is 5.71. The summed E-state index contributed by atoms with van der Waals surface area (Å²) in [4.78, 5) is 19.8. The number of aromatic nitrogens is 3. The van der Waals surface area contributed by atoms with Crippen molar-refractivity contribution in [3.8, 4) is 11.5 Å². The third kappa shape index (κ3) is 5.08. The Hall–Kier alpha value is -4.02. The minimum Gasteiger partial charge on any atom is -0.456 e. The lowest BCUT2D eigenvalue weighted by Crippen LogP contribution is -2.36. The van der Waals surface area contributed by atoms with Crippen LogP contribution in [0.25, 0.3) is 5.65 Å². The van der Waals surface area contributed by atoms with Crippen molar-refractivity contribution < 1.29 is 9.47 Å². The molecule has 1 fully saturated rings. The second-order valence-electron chi connectivity index (χ2n) is 7.67. The fraction of sp³-hybridized carbons (Fsp3) is 0.208. The van der Waals surface area contributed by atoms with Gasteiger partial charge in [-0.15, -0.1) is 0 Å². The van der Waals surface area contributed by atoms with Gasteiger partial charge in [0.1, 0.15) is 35.7 Å². The van der Waals surface area contributed by atoms with Gasteiger partial charge in [-0.3, -0.25) is 0 Å². The van der Waals surface area contributed by atoms with E-state index < -0.39 is 0 Å². The van der Waals surface area contributed by atoms with E-state index in [1.165, 1.54) is 12.7 Å². The zero-order valence-electron chi connectivity index (χ0n) is 19.1. The molecule has 1 saturated heterocycles. The van der Waals surface area contributed by atoms with E-state index in [0.29, 0.717) is 58.4 Å². The predicted octanol–water partition coefficient (Wildman–Crippen LogP) is 4.18. The lowest BCUT2D eigenvalue weighted by molar-refractivity contribution is 0.0534. The van der Waals surface area contributed by atoms with E-state index in [-0.39, 0.29) is 0 Å². The average Bonchev–Trinajstić information content (AvgIpc) is 3.35. The van der Waals surface area contributed by atoms with E-state index in [0.717, 1.165) is 18.8 Å². The Morgan fingerprint density at radius 3 is 2.91 bits per heavy atom. The molecule has 5 rings (SSSR count). The molecule has 0 unspecified atom stereocenters. The first-order valence-corrected chi connectivity index (χ1v) is 11.4. The molecule has 4 heterocycles. The quantitative estimate of drug-likeness (QED) is 0.576. The topological polar surface area (TPSA) is 101 Å². The van der Waals surface area contributed by atoms with Crippen LogP contribution in [0.5, 0.6) is 11.5 Å². The summed E-state index contributed by atoms with van der Waals surface area (Å²) in [6, 6.07) is 8.99. The van der Waals surface area contributed by atoms with Crippen molar-refractivity contribution in [1.29, 1.82) is 0 Å². The van der Waals surface area contributed by atoms with E-state index in [2.05, 4.69) is 36.9 Å². The minimum atomic E-state index is 0.434. The number of hydrogen-bond acceptors (Lipinski definition) is 9. The van der Waals surface area contributed by atoms with Crippen LogP contribution in [-0.4, -0.2) is 63.7 Å². The van der Waals surface area contributed by atoms with Crippen LogP contribution in [0, 0.1) is 0 Å². The number of rotatable bonds is 5. The molecule has 0 spiro atoms.